The molecule has 0 atom stereocenters. The molecule has 3 N–H and O–H groups in total. The molecule has 0 fully saturated rings. The maximum atomic E-state index is 12.0. The number of fused-ring (bicyclic) bond motifs is 1. The third-order valence-electron chi connectivity index (χ3n) is 3.21. The van der Waals surface area contributed by atoms with Gasteiger partial charge < -0.3 is 10.3 Å². The molecule has 0 aliphatic carbocycles. The summed E-state index contributed by atoms with van der Waals surface area (Å²) < 4.78 is 1.50. The fraction of sp³-hybridized carbons (Fsp3) is 0.231. The van der Waals surface area contributed by atoms with Crippen LogP contribution in [0.5, 0.6) is 0 Å². The third kappa shape index (κ3) is 1.86. The number of benzene rings is 1. The Kier molecular flexibility index (Phi) is 2.72. The summed E-state index contributed by atoms with van der Waals surface area (Å²) in [6, 6.07) is 5.90. The number of imidazole rings is 1. The molecule has 2 heterocycles. The van der Waals surface area contributed by atoms with Crippen molar-refractivity contribution < 1.29 is 0 Å². The minimum Gasteiger partial charge on any atom is -0.345 e. The van der Waals surface area contributed by atoms with E-state index in [1.807, 2.05) is 25.2 Å². The number of nitrogens with zero attached hydrogens (tertiary/aromatic N) is 2. The van der Waals surface area contributed by atoms with Crippen LogP contribution in [0, 0.1) is 0 Å². The predicted molar refractivity (Wildman–Crippen MR) is 73.9 cm³/mol. The number of aromatic nitrogens is 4. The van der Waals surface area contributed by atoms with Gasteiger partial charge in [-0.3, -0.25) is 14.6 Å². The highest BCUT2D eigenvalue weighted by Gasteiger charge is 2.13. The van der Waals surface area contributed by atoms with Gasteiger partial charge in [-0.25, -0.2) is 4.98 Å². The summed E-state index contributed by atoms with van der Waals surface area (Å²) >= 11 is 0. The van der Waals surface area contributed by atoms with Crippen LogP contribution in [0.2, 0.25) is 0 Å². The van der Waals surface area contributed by atoms with Crippen LogP contribution in [0.25, 0.3) is 22.3 Å². The molecule has 0 saturated carbocycles. The fourth-order valence-corrected chi connectivity index (χ4v) is 2.27. The van der Waals surface area contributed by atoms with Gasteiger partial charge in [0.1, 0.15) is 0 Å². The van der Waals surface area contributed by atoms with Crippen LogP contribution in [-0.4, -0.2) is 26.8 Å². The van der Waals surface area contributed by atoms with Gasteiger partial charge in [-0.1, -0.05) is 6.07 Å². The standard InChI is InChI=1S/C13H15N5O/c1-14-6-9-12(17-18(2)13(9)19)8-3-4-10-11(5-8)16-7-15-10/h3-5,7,14,17H,6H2,1-2H3,(H,15,16). The largest absolute Gasteiger partial charge is 0.345 e. The zero-order chi connectivity index (χ0) is 13.4. The van der Waals surface area contributed by atoms with Crippen LogP contribution in [0.1, 0.15) is 5.56 Å². The van der Waals surface area contributed by atoms with Crippen LogP contribution in [0.3, 0.4) is 0 Å². The first-order valence-electron chi connectivity index (χ1n) is 6.06. The van der Waals surface area contributed by atoms with Gasteiger partial charge in [0.15, 0.2) is 0 Å². The normalized spacial score (nSPS) is 11.3. The number of hydrogen-bond donors (Lipinski definition) is 3. The van der Waals surface area contributed by atoms with E-state index in [1.54, 1.807) is 13.4 Å². The van der Waals surface area contributed by atoms with E-state index in [1.165, 1.54) is 4.68 Å². The molecule has 0 bridgehead atoms. The van der Waals surface area contributed by atoms with Crippen LogP contribution in [0.4, 0.5) is 0 Å². The summed E-state index contributed by atoms with van der Waals surface area (Å²) in [7, 11) is 3.55. The molecule has 0 unspecified atom stereocenters. The fourth-order valence-electron chi connectivity index (χ4n) is 2.27. The van der Waals surface area contributed by atoms with Gasteiger partial charge in [0, 0.05) is 19.2 Å². The Morgan fingerprint density at radius 2 is 2.26 bits per heavy atom. The van der Waals surface area contributed by atoms with E-state index in [9.17, 15) is 4.79 Å². The lowest BCUT2D eigenvalue weighted by Crippen LogP contribution is -2.19. The Balaban J connectivity index is 2.19. The number of aromatic amines is 2. The third-order valence-corrected chi connectivity index (χ3v) is 3.21. The molecule has 6 nitrogen and oxygen atoms in total. The summed E-state index contributed by atoms with van der Waals surface area (Å²) in [6.07, 6.45) is 1.66. The van der Waals surface area contributed by atoms with Crippen LogP contribution in [0.15, 0.2) is 29.3 Å². The number of aryl methyl sites for hydroxylation is 1. The van der Waals surface area contributed by atoms with E-state index in [-0.39, 0.29) is 5.56 Å². The summed E-state index contributed by atoms with van der Waals surface area (Å²) in [5.74, 6) is 0. The number of H-pyrrole nitrogens is 2. The van der Waals surface area contributed by atoms with Crippen molar-refractivity contribution >= 4 is 11.0 Å². The highest BCUT2D eigenvalue weighted by atomic mass is 16.1. The molecule has 0 aliphatic heterocycles. The van der Waals surface area contributed by atoms with Crippen LogP contribution in [-0.2, 0) is 13.6 Å². The molecule has 0 saturated heterocycles. The Morgan fingerprint density at radius 1 is 1.42 bits per heavy atom. The second kappa shape index (κ2) is 4.40. The van der Waals surface area contributed by atoms with Crippen molar-refractivity contribution in [2.75, 3.05) is 7.05 Å². The molecular formula is C13H15N5O. The van der Waals surface area contributed by atoms with Gasteiger partial charge in [-0.05, 0) is 19.2 Å². The lowest BCUT2D eigenvalue weighted by atomic mass is 10.1. The van der Waals surface area contributed by atoms with E-state index >= 15 is 0 Å². The second-order valence-corrected chi connectivity index (χ2v) is 4.49. The monoisotopic (exact) mass is 257 g/mol. The van der Waals surface area contributed by atoms with Gasteiger partial charge in [-0.15, -0.1) is 0 Å². The van der Waals surface area contributed by atoms with Crippen molar-refractivity contribution in [3.05, 3.63) is 40.4 Å². The minimum atomic E-state index is -0.00550. The van der Waals surface area contributed by atoms with Crippen LogP contribution < -0.4 is 10.9 Å². The lowest BCUT2D eigenvalue weighted by molar-refractivity contribution is 0.734. The lowest BCUT2D eigenvalue weighted by Gasteiger charge is -2.02. The second-order valence-electron chi connectivity index (χ2n) is 4.49. The number of rotatable bonds is 3. The molecule has 2 aromatic heterocycles. The molecule has 1 aromatic carbocycles. The first-order valence-corrected chi connectivity index (χ1v) is 6.06. The number of hydrogen-bond acceptors (Lipinski definition) is 3. The van der Waals surface area contributed by atoms with Crippen molar-refractivity contribution in [3.8, 4) is 11.3 Å². The van der Waals surface area contributed by atoms with Crippen molar-refractivity contribution in [1.82, 2.24) is 25.1 Å². The predicted octanol–water partition coefficient (Wildman–Crippen LogP) is 0.976. The van der Waals surface area contributed by atoms with Crippen molar-refractivity contribution in [1.29, 1.82) is 0 Å². The molecular weight excluding hydrogens is 242 g/mol. The van der Waals surface area contributed by atoms with Gasteiger partial charge in [0.2, 0.25) is 0 Å². The molecule has 3 rings (SSSR count). The molecule has 98 valence electrons. The molecule has 0 amide bonds. The van der Waals surface area contributed by atoms with E-state index < -0.39 is 0 Å². The average Bonchev–Trinajstić information content (AvgIpc) is 2.98. The molecule has 19 heavy (non-hydrogen) atoms. The smallest absolute Gasteiger partial charge is 0.271 e. The summed E-state index contributed by atoms with van der Waals surface area (Å²) in [5.41, 5.74) is 4.42. The molecule has 0 spiro atoms. The molecule has 0 radical (unpaired) electrons. The molecule has 3 aromatic rings. The van der Waals surface area contributed by atoms with E-state index in [4.69, 9.17) is 0 Å². The van der Waals surface area contributed by atoms with Gasteiger partial charge in [-0.2, -0.15) is 0 Å². The maximum absolute atomic E-state index is 12.0. The van der Waals surface area contributed by atoms with Gasteiger partial charge >= 0.3 is 0 Å². The van der Waals surface area contributed by atoms with Gasteiger partial charge in [0.25, 0.3) is 5.56 Å². The Hall–Kier alpha value is -2.34. The van der Waals surface area contributed by atoms with Crippen molar-refractivity contribution in [2.24, 2.45) is 7.05 Å². The average molecular weight is 257 g/mol. The number of nitrogens with one attached hydrogen (secondary N) is 3. The van der Waals surface area contributed by atoms with Gasteiger partial charge in [0.05, 0.1) is 28.6 Å². The Labute approximate surface area is 109 Å². The Bertz CT molecular complexity index is 780. The highest BCUT2D eigenvalue weighted by Crippen LogP contribution is 2.22. The summed E-state index contributed by atoms with van der Waals surface area (Å²) in [5, 5.41) is 6.13. The quantitative estimate of drug-likeness (QED) is 0.654. The zero-order valence-corrected chi connectivity index (χ0v) is 10.8. The zero-order valence-electron chi connectivity index (χ0n) is 10.8. The van der Waals surface area contributed by atoms with E-state index in [0.29, 0.717) is 6.54 Å². The van der Waals surface area contributed by atoms with Crippen molar-refractivity contribution in [2.45, 2.75) is 6.54 Å². The maximum Gasteiger partial charge on any atom is 0.271 e. The highest BCUT2D eigenvalue weighted by molar-refractivity contribution is 5.81. The van der Waals surface area contributed by atoms with E-state index in [0.717, 1.165) is 27.9 Å². The van der Waals surface area contributed by atoms with Crippen LogP contribution >= 0.6 is 0 Å². The summed E-state index contributed by atoms with van der Waals surface area (Å²) in [4.78, 5) is 19.3. The first kappa shape index (κ1) is 11.7. The first-order chi connectivity index (χ1) is 9.20. The SMILES string of the molecule is CNCc1c(-c2ccc3nc[nH]c3c2)[nH]n(C)c1=O. The Morgan fingerprint density at radius 3 is 3.05 bits per heavy atom. The topological polar surface area (TPSA) is 78.5 Å². The molecule has 0 aliphatic rings. The minimum absolute atomic E-state index is 0.00550. The summed E-state index contributed by atoms with van der Waals surface area (Å²) in [6.45, 7) is 0.534. The van der Waals surface area contributed by atoms with E-state index in [2.05, 4.69) is 20.4 Å². The van der Waals surface area contributed by atoms with Crippen molar-refractivity contribution in [3.63, 3.8) is 0 Å². The molecule has 6 heteroatoms.